The Bertz CT molecular complexity index is 1060. The average Bonchev–Trinajstić information content (AvgIpc) is 3.31. The molecule has 2 aromatic rings. The predicted octanol–water partition coefficient (Wildman–Crippen LogP) is 0.733. The van der Waals surface area contributed by atoms with E-state index in [-0.39, 0.29) is 22.8 Å². The summed E-state index contributed by atoms with van der Waals surface area (Å²) in [6, 6.07) is 7.21. The van der Waals surface area contributed by atoms with E-state index in [9.17, 15) is 14.9 Å². The van der Waals surface area contributed by atoms with Crippen LogP contribution in [0.2, 0.25) is 0 Å². The van der Waals surface area contributed by atoms with E-state index in [4.69, 9.17) is 9.47 Å². The number of carbonyl (C=O) groups excluding carboxylic acids is 1. The quantitative estimate of drug-likeness (QED) is 0.573. The van der Waals surface area contributed by atoms with Gasteiger partial charge in [-0.05, 0) is 31.1 Å². The molecule has 1 N–H and O–H groups in total. The van der Waals surface area contributed by atoms with E-state index in [1.807, 2.05) is 11.0 Å². The molecule has 2 aliphatic rings. The van der Waals surface area contributed by atoms with Crippen LogP contribution >= 0.6 is 0 Å². The number of nitrogens with zero attached hydrogens (tertiary/aromatic N) is 4. The van der Waals surface area contributed by atoms with Crippen LogP contribution in [-0.2, 0) is 14.3 Å². The molecule has 1 atom stereocenters. The molecule has 4 heterocycles. The van der Waals surface area contributed by atoms with Crippen LogP contribution < -0.4 is 15.8 Å². The second-order valence-electron chi connectivity index (χ2n) is 7.20. The SMILES string of the molecule is N#C/C(=C/c1c(N2CCOCC2)nc2ccccn2c1=O)C(=O)NC[C@H]1CCCO1. The van der Waals surface area contributed by atoms with E-state index in [0.717, 1.165) is 12.8 Å². The molecule has 2 saturated heterocycles. The summed E-state index contributed by atoms with van der Waals surface area (Å²) in [4.78, 5) is 32.4. The van der Waals surface area contributed by atoms with Crippen molar-refractivity contribution in [3.05, 3.63) is 45.9 Å². The van der Waals surface area contributed by atoms with Crippen LogP contribution in [-0.4, -0.2) is 60.9 Å². The van der Waals surface area contributed by atoms with E-state index in [0.29, 0.717) is 50.9 Å². The Morgan fingerprint density at radius 3 is 2.90 bits per heavy atom. The van der Waals surface area contributed by atoms with Crippen molar-refractivity contribution in [2.75, 3.05) is 44.4 Å². The predicted molar refractivity (Wildman–Crippen MR) is 110 cm³/mol. The maximum atomic E-state index is 13.2. The fourth-order valence-electron chi connectivity index (χ4n) is 3.63. The zero-order valence-corrected chi connectivity index (χ0v) is 16.5. The van der Waals surface area contributed by atoms with Crippen molar-refractivity contribution in [2.24, 2.45) is 0 Å². The van der Waals surface area contributed by atoms with Gasteiger partial charge in [0.1, 0.15) is 23.1 Å². The highest BCUT2D eigenvalue weighted by Crippen LogP contribution is 2.20. The second-order valence-corrected chi connectivity index (χ2v) is 7.20. The molecule has 1 amide bonds. The number of fused-ring (bicyclic) bond motifs is 1. The number of carbonyl (C=O) groups is 1. The minimum Gasteiger partial charge on any atom is -0.378 e. The molecule has 0 radical (unpaired) electrons. The molecular formula is C21H23N5O4. The number of aromatic nitrogens is 2. The first-order chi connectivity index (χ1) is 14.7. The number of rotatable bonds is 5. The van der Waals surface area contributed by atoms with Crippen molar-refractivity contribution in [1.82, 2.24) is 14.7 Å². The van der Waals surface area contributed by atoms with Crippen LogP contribution in [0.5, 0.6) is 0 Å². The summed E-state index contributed by atoms with van der Waals surface area (Å²) >= 11 is 0. The van der Waals surface area contributed by atoms with Crippen LogP contribution in [0.3, 0.4) is 0 Å². The molecule has 2 aliphatic heterocycles. The van der Waals surface area contributed by atoms with E-state index < -0.39 is 5.91 Å². The van der Waals surface area contributed by atoms with E-state index in [2.05, 4.69) is 10.3 Å². The summed E-state index contributed by atoms with van der Waals surface area (Å²) in [6.45, 7) is 3.21. The Labute approximate surface area is 173 Å². The minimum atomic E-state index is -0.529. The molecule has 30 heavy (non-hydrogen) atoms. The zero-order valence-electron chi connectivity index (χ0n) is 16.5. The van der Waals surface area contributed by atoms with Gasteiger partial charge >= 0.3 is 0 Å². The van der Waals surface area contributed by atoms with Crippen molar-refractivity contribution in [3.8, 4) is 6.07 Å². The standard InChI is InChI=1S/C21H23N5O4/c22-13-15(20(27)23-14-16-4-3-9-30-16)12-17-19(25-7-10-29-11-8-25)24-18-5-1-2-6-26(18)21(17)28/h1-2,5-6,12,16H,3-4,7-11,14H2,(H,23,27)/b15-12-/t16-/m1/s1. The third-order valence-corrected chi connectivity index (χ3v) is 5.23. The molecule has 9 nitrogen and oxygen atoms in total. The van der Waals surface area contributed by atoms with Crippen molar-refractivity contribution in [3.63, 3.8) is 0 Å². The van der Waals surface area contributed by atoms with Crippen LogP contribution in [0.1, 0.15) is 18.4 Å². The van der Waals surface area contributed by atoms with Crippen LogP contribution in [0.4, 0.5) is 5.82 Å². The van der Waals surface area contributed by atoms with Gasteiger partial charge in [-0.25, -0.2) is 4.98 Å². The Kier molecular flexibility index (Phi) is 6.07. The van der Waals surface area contributed by atoms with E-state index in [1.54, 1.807) is 24.4 Å². The third-order valence-electron chi connectivity index (χ3n) is 5.23. The fraction of sp³-hybridized carbons (Fsp3) is 0.429. The number of nitriles is 1. The van der Waals surface area contributed by atoms with Gasteiger partial charge in [-0.15, -0.1) is 0 Å². The molecule has 2 fully saturated rings. The summed E-state index contributed by atoms with van der Waals surface area (Å²) < 4.78 is 12.3. The van der Waals surface area contributed by atoms with Gasteiger partial charge < -0.3 is 19.7 Å². The zero-order chi connectivity index (χ0) is 20.9. The Hall–Kier alpha value is -3.22. The number of pyridine rings is 1. The van der Waals surface area contributed by atoms with Gasteiger partial charge in [-0.1, -0.05) is 6.07 Å². The lowest BCUT2D eigenvalue weighted by Crippen LogP contribution is -2.39. The van der Waals surface area contributed by atoms with E-state index in [1.165, 1.54) is 10.5 Å². The lowest BCUT2D eigenvalue weighted by Gasteiger charge is -2.29. The summed E-state index contributed by atoms with van der Waals surface area (Å²) in [5.74, 6) is -0.0762. The van der Waals surface area contributed by atoms with Gasteiger partial charge in [0, 0.05) is 32.4 Å². The maximum Gasteiger partial charge on any atom is 0.267 e. The van der Waals surface area contributed by atoms with Crippen LogP contribution in [0.25, 0.3) is 11.7 Å². The number of ether oxygens (including phenoxy) is 2. The lowest BCUT2D eigenvalue weighted by atomic mass is 10.1. The molecule has 0 unspecified atom stereocenters. The molecule has 0 aliphatic carbocycles. The van der Waals surface area contributed by atoms with E-state index >= 15 is 0 Å². The number of hydrogen-bond donors (Lipinski definition) is 1. The third kappa shape index (κ3) is 4.20. The maximum absolute atomic E-state index is 13.2. The summed E-state index contributed by atoms with van der Waals surface area (Å²) in [7, 11) is 0. The molecule has 0 aromatic carbocycles. The smallest absolute Gasteiger partial charge is 0.267 e. The van der Waals surface area contributed by atoms with Crippen molar-refractivity contribution < 1.29 is 14.3 Å². The first-order valence-corrected chi connectivity index (χ1v) is 10.0. The molecular weight excluding hydrogens is 386 g/mol. The van der Waals surface area contributed by atoms with Crippen molar-refractivity contribution >= 4 is 23.4 Å². The number of amides is 1. The van der Waals surface area contributed by atoms with Crippen LogP contribution in [0, 0.1) is 11.3 Å². The molecule has 2 aromatic heterocycles. The number of hydrogen-bond acceptors (Lipinski definition) is 7. The number of anilines is 1. The van der Waals surface area contributed by atoms with Gasteiger partial charge in [-0.2, -0.15) is 5.26 Å². The van der Waals surface area contributed by atoms with Crippen LogP contribution in [0.15, 0.2) is 34.8 Å². The van der Waals surface area contributed by atoms with Gasteiger partial charge in [-0.3, -0.25) is 14.0 Å². The number of nitrogens with one attached hydrogen (secondary N) is 1. The second kappa shape index (κ2) is 9.07. The van der Waals surface area contributed by atoms with Gasteiger partial charge in [0.25, 0.3) is 11.5 Å². The largest absolute Gasteiger partial charge is 0.378 e. The monoisotopic (exact) mass is 409 g/mol. The van der Waals surface area contributed by atoms with Crippen molar-refractivity contribution in [1.29, 1.82) is 5.26 Å². The highest BCUT2D eigenvalue weighted by molar-refractivity contribution is 6.02. The lowest BCUT2D eigenvalue weighted by molar-refractivity contribution is -0.117. The molecule has 0 bridgehead atoms. The van der Waals surface area contributed by atoms with Gasteiger partial charge in [0.2, 0.25) is 0 Å². The molecule has 156 valence electrons. The average molecular weight is 409 g/mol. The highest BCUT2D eigenvalue weighted by atomic mass is 16.5. The Balaban J connectivity index is 1.71. The van der Waals surface area contributed by atoms with Crippen molar-refractivity contribution in [2.45, 2.75) is 18.9 Å². The molecule has 0 spiro atoms. The first kappa shape index (κ1) is 20.1. The summed E-state index contributed by atoms with van der Waals surface area (Å²) in [5, 5.41) is 12.3. The first-order valence-electron chi connectivity index (χ1n) is 10.0. The van der Waals surface area contributed by atoms with Gasteiger partial charge in [0.15, 0.2) is 0 Å². The molecule has 9 heteroatoms. The minimum absolute atomic E-state index is 0.0363. The Morgan fingerprint density at radius 1 is 1.33 bits per heavy atom. The van der Waals surface area contributed by atoms with Gasteiger partial charge in [0.05, 0.1) is 24.9 Å². The highest BCUT2D eigenvalue weighted by Gasteiger charge is 2.22. The summed E-state index contributed by atoms with van der Waals surface area (Å²) in [5.41, 5.74) is 0.242. The topological polar surface area (TPSA) is 109 Å². The number of morpholine rings is 1. The fourth-order valence-corrected chi connectivity index (χ4v) is 3.63. The molecule has 0 saturated carbocycles. The summed E-state index contributed by atoms with van der Waals surface area (Å²) in [6.07, 6.45) is 4.76. The molecule has 4 rings (SSSR count). The Morgan fingerprint density at radius 2 is 2.17 bits per heavy atom. The normalized spacial score (nSPS) is 19.6.